The number of piperidine rings is 1. The lowest BCUT2D eigenvalue weighted by Crippen LogP contribution is -2.63. The van der Waals surface area contributed by atoms with Gasteiger partial charge in [0.1, 0.15) is 24.1 Å². The van der Waals surface area contributed by atoms with Crippen molar-refractivity contribution in [1.29, 1.82) is 0 Å². The van der Waals surface area contributed by atoms with Gasteiger partial charge in [0.05, 0.1) is 13.2 Å². The van der Waals surface area contributed by atoms with Gasteiger partial charge in [-0.2, -0.15) is 0 Å². The van der Waals surface area contributed by atoms with Gasteiger partial charge in [0.2, 0.25) is 0 Å². The average Bonchev–Trinajstić information content (AvgIpc) is 3.37. The van der Waals surface area contributed by atoms with E-state index in [1.165, 1.54) is 11.8 Å². The lowest BCUT2D eigenvalue weighted by molar-refractivity contribution is -0.205. The van der Waals surface area contributed by atoms with Crippen molar-refractivity contribution in [3.05, 3.63) is 94.2 Å². The molecular weight excluding hydrogens is 474 g/mol. The quantitative estimate of drug-likeness (QED) is 0.340. The van der Waals surface area contributed by atoms with E-state index < -0.39 is 18.3 Å². The van der Waals surface area contributed by atoms with Crippen LogP contribution in [0.3, 0.4) is 0 Å². The number of ketones is 1. The van der Waals surface area contributed by atoms with E-state index >= 15 is 0 Å². The average molecular weight is 508 g/mol. The van der Waals surface area contributed by atoms with Crippen molar-refractivity contribution in [2.24, 2.45) is 0 Å². The third-order valence-corrected chi connectivity index (χ3v) is 7.14. The molecule has 1 aliphatic heterocycles. The number of rotatable bonds is 11. The molecule has 2 heterocycles. The molecule has 0 bridgehead atoms. The van der Waals surface area contributed by atoms with Crippen LogP contribution in [-0.2, 0) is 43.6 Å². The summed E-state index contributed by atoms with van der Waals surface area (Å²) in [7, 11) is 0. The molecule has 1 aliphatic rings. The van der Waals surface area contributed by atoms with Crippen LogP contribution in [0.4, 0.5) is 0 Å². The number of hydrogen-bond acceptors (Lipinski definition) is 7. The summed E-state index contributed by atoms with van der Waals surface area (Å²) in [6, 6.07) is 23.7. The zero-order valence-corrected chi connectivity index (χ0v) is 21.6. The number of thiophene rings is 1. The number of carbonyl (C=O) groups excluding carboxylic acids is 2. The molecule has 0 amide bonds. The maximum absolute atomic E-state index is 12.4. The molecule has 0 spiro atoms. The Morgan fingerprint density at radius 2 is 1.47 bits per heavy atom. The van der Waals surface area contributed by atoms with Crippen LogP contribution >= 0.6 is 11.3 Å². The summed E-state index contributed by atoms with van der Waals surface area (Å²) >= 11 is 1.67. The zero-order valence-electron chi connectivity index (χ0n) is 20.7. The van der Waals surface area contributed by atoms with Gasteiger partial charge < -0.3 is 14.2 Å². The van der Waals surface area contributed by atoms with Crippen molar-refractivity contribution < 1.29 is 23.8 Å². The van der Waals surface area contributed by atoms with Gasteiger partial charge in [0, 0.05) is 37.4 Å². The standard InChI is InChI=1S/C29H33NO5S/c1-21(31)16-26-28(33-19-23-10-5-3-6-11-23)29(34-20-24-12-7-4-8-13-24)27(35-22(2)32)18-30(26)17-25-14-9-15-36-25/h3-15,26-29H,16-20H2,1-2H3/t26?,27-,28+,29-/m1/s1. The van der Waals surface area contributed by atoms with Crippen molar-refractivity contribution in [2.75, 3.05) is 6.54 Å². The van der Waals surface area contributed by atoms with Crippen molar-refractivity contribution in [3.63, 3.8) is 0 Å². The highest BCUT2D eigenvalue weighted by Crippen LogP contribution is 2.31. The van der Waals surface area contributed by atoms with Crippen molar-refractivity contribution >= 4 is 23.1 Å². The van der Waals surface area contributed by atoms with E-state index in [0.717, 1.165) is 11.1 Å². The Kier molecular flexibility index (Phi) is 9.41. The second-order valence-electron chi connectivity index (χ2n) is 9.15. The first kappa shape index (κ1) is 26.2. The van der Waals surface area contributed by atoms with Gasteiger partial charge in [-0.3, -0.25) is 14.5 Å². The van der Waals surface area contributed by atoms with Crippen LogP contribution in [0.2, 0.25) is 0 Å². The molecular formula is C29H33NO5S. The highest BCUT2D eigenvalue weighted by Gasteiger charge is 2.47. The van der Waals surface area contributed by atoms with Gasteiger partial charge in [0.15, 0.2) is 0 Å². The number of esters is 1. The Balaban J connectivity index is 1.65. The topological polar surface area (TPSA) is 65.1 Å². The summed E-state index contributed by atoms with van der Waals surface area (Å²) in [4.78, 5) is 27.9. The minimum atomic E-state index is -0.532. The molecule has 2 aromatic carbocycles. The molecule has 3 aromatic rings. The molecule has 1 fully saturated rings. The summed E-state index contributed by atoms with van der Waals surface area (Å²) in [5.41, 5.74) is 2.05. The van der Waals surface area contributed by atoms with E-state index in [1.807, 2.05) is 72.1 Å². The van der Waals surface area contributed by atoms with E-state index in [0.29, 0.717) is 32.7 Å². The number of ether oxygens (including phenoxy) is 3. The normalized spacial score (nSPS) is 22.3. The van der Waals surface area contributed by atoms with Crippen LogP contribution in [0.1, 0.15) is 36.3 Å². The van der Waals surface area contributed by atoms with Crippen LogP contribution in [0.25, 0.3) is 0 Å². The van der Waals surface area contributed by atoms with E-state index in [1.54, 1.807) is 18.3 Å². The molecule has 7 heteroatoms. The highest BCUT2D eigenvalue weighted by atomic mass is 32.1. The first-order chi connectivity index (χ1) is 17.5. The molecule has 1 saturated heterocycles. The molecule has 4 atom stereocenters. The fourth-order valence-corrected chi connectivity index (χ4v) is 5.42. The Morgan fingerprint density at radius 1 is 0.861 bits per heavy atom. The Morgan fingerprint density at radius 3 is 2.00 bits per heavy atom. The smallest absolute Gasteiger partial charge is 0.303 e. The summed E-state index contributed by atoms with van der Waals surface area (Å²) in [5, 5.41) is 2.04. The van der Waals surface area contributed by atoms with Gasteiger partial charge >= 0.3 is 5.97 Å². The fourth-order valence-electron chi connectivity index (χ4n) is 4.69. The van der Waals surface area contributed by atoms with Crippen molar-refractivity contribution in [3.8, 4) is 0 Å². The first-order valence-electron chi connectivity index (χ1n) is 12.2. The fraction of sp³-hybridized carbons (Fsp3) is 0.379. The first-order valence-corrected chi connectivity index (χ1v) is 13.1. The van der Waals surface area contributed by atoms with E-state index in [-0.39, 0.29) is 17.8 Å². The zero-order chi connectivity index (χ0) is 25.3. The number of carbonyl (C=O) groups is 2. The summed E-state index contributed by atoms with van der Waals surface area (Å²) in [6.07, 6.45) is -1.21. The molecule has 0 aliphatic carbocycles. The summed E-state index contributed by atoms with van der Waals surface area (Å²) in [5.74, 6) is -0.284. The van der Waals surface area contributed by atoms with Crippen LogP contribution in [-0.4, -0.2) is 47.6 Å². The lowest BCUT2D eigenvalue weighted by Gasteiger charge is -2.48. The number of hydrogen-bond donors (Lipinski definition) is 0. The van der Waals surface area contributed by atoms with Gasteiger partial charge in [0.25, 0.3) is 0 Å². The van der Waals surface area contributed by atoms with Crippen molar-refractivity contribution in [2.45, 2.75) is 64.4 Å². The lowest BCUT2D eigenvalue weighted by atomic mass is 9.89. The third-order valence-electron chi connectivity index (χ3n) is 6.28. The monoisotopic (exact) mass is 507 g/mol. The second kappa shape index (κ2) is 12.9. The Labute approximate surface area is 216 Å². The Bertz CT molecular complexity index is 1090. The number of likely N-dealkylation sites (tertiary alicyclic amines) is 1. The number of benzene rings is 2. The maximum Gasteiger partial charge on any atom is 0.303 e. The largest absolute Gasteiger partial charge is 0.458 e. The van der Waals surface area contributed by atoms with Crippen molar-refractivity contribution in [1.82, 2.24) is 4.90 Å². The van der Waals surface area contributed by atoms with Crippen LogP contribution < -0.4 is 0 Å². The van der Waals surface area contributed by atoms with Gasteiger partial charge in [-0.1, -0.05) is 66.7 Å². The second-order valence-corrected chi connectivity index (χ2v) is 10.2. The van der Waals surface area contributed by atoms with Crippen LogP contribution in [0.5, 0.6) is 0 Å². The van der Waals surface area contributed by atoms with E-state index in [9.17, 15) is 9.59 Å². The molecule has 36 heavy (non-hydrogen) atoms. The predicted molar refractivity (Wildman–Crippen MR) is 139 cm³/mol. The molecule has 1 unspecified atom stereocenters. The van der Waals surface area contributed by atoms with Gasteiger partial charge in [-0.15, -0.1) is 11.3 Å². The number of Topliss-reactive ketones (excluding diaryl/α,β-unsaturated/α-hetero) is 1. The minimum absolute atomic E-state index is 0.0808. The van der Waals surface area contributed by atoms with E-state index in [2.05, 4.69) is 11.0 Å². The molecule has 0 N–H and O–H groups in total. The molecule has 6 nitrogen and oxygen atoms in total. The van der Waals surface area contributed by atoms with E-state index in [4.69, 9.17) is 14.2 Å². The minimum Gasteiger partial charge on any atom is -0.458 e. The molecule has 1 aromatic heterocycles. The van der Waals surface area contributed by atoms with Gasteiger partial charge in [-0.05, 0) is 29.5 Å². The molecule has 4 rings (SSSR count). The maximum atomic E-state index is 12.4. The molecule has 190 valence electrons. The van der Waals surface area contributed by atoms with Gasteiger partial charge in [-0.25, -0.2) is 0 Å². The SMILES string of the molecule is CC(=O)CC1[C@H](OCc2ccccc2)[C@H](OCc2ccccc2)[C@H](OC(C)=O)CN1Cc1cccs1. The van der Waals surface area contributed by atoms with Crippen LogP contribution in [0, 0.1) is 0 Å². The highest BCUT2D eigenvalue weighted by molar-refractivity contribution is 7.09. The van der Waals surface area contributed by atoms with Crippen LogP contribution in [0.15, 0.2) is 78.2 Å². The molecule has 0 saturated carbocycles. The predicted octanol–water partition coefficient (Wildman–Crippen LogP) is 5.01. The third kappa shape index (κ3) is 7.34. The molecule has 0 radical (unpaired) electrons. The Hall–Kier alpha value is -2.84. The number of nitrogens with zero attached hydrogens (tertiary/aromatic N) is 1. The summed E-state index contributed by atoms with van der Waals surface area (Å²) < 4.78 is 18.8. The summed E-state index contributed by atoms with van der Waals surface area (Å²) in [6.45, 7) is 4.84.